The number of non-ortho nitro benzene ring substituents is 1. The highest BCUT2D eigenvalue weighted by Crippen LogP contribution is 2.31. The van der Waals surface area contributed by atoms with Crippen molar-refractivity contribution < 1.29 is 14.1 Å². The van der Waals surface area contributed by atoms with Crippen molar-refractivity contribution in [2.24, 2.45) is 0 Å². The lowest BCUT2D eigenvalue weighted by molar-refractivity contribution is -0.384. The predicted octanol–water partition coefficient (Wildman–Crippen LogP) is 5.31. The summed E-state index contributed by atoms with van der Waals surface area (Å²) >= 11 is 7.27. The van der Waals surface area contributed by atoms with Crippen molar-refractivity contribution in [1.29, 1.82) is 0 Å². The Bertz CT molecular complexity index is 1330. The lowest BCUT2D eigenvalue weighted by atomic mass is 10.2. The first-order valence-electron chi connectivity index (χ1n) is 9.66. The van der Waals surface area contributed by atoms with E-state index >= 15 is 0 Å². The molecular weight excluding hydrogens is 454 g/mol. The van der Waals surface area contributed by atoms with Gasteiger partial charge in [-0.25, -0.2) is 0 Å². The molecule has 0 aliphatic carbocycles. The zero-order valence-electron chi connectivity index (χ0n) is 17.2. The van der Waals surface area contributed by atoms with Crippen molar-refractivity contribution in [2.75, 3.05) is 11.1 Å². The molecule has 4 aromatic rings. The highest BCUT2D eigenvalue weighted by atomic mass is 35.5. The summed E-state index contributed by atoms with van der Waals surface area (Å²) in [7, 11) is 0. The highest BCUT2D eigenvalue weighted by molar-refractivity contribution is 7.99. The Morgan fingerprint density at radius 2 is 2.06 bits per heavy atom. The fourth-order valence-electron chi connectivity index (χ4n) is 3.16. The first-order valence-corrected chi connectivity index (χ1v) is 11.0. The van der Waals surface area contributed by atoms with Crippen molar-refractivity contribution in [3.05, 3.63) is 63.2 Å². The monoisotopic (exact) mass is 471 g/mol. The first kappa shape index (κ1) is 21.8. The van der Waals surface area contributed by atoms with Gasteiger partial charge in [0.05, 0.1) is 16.4 Å². The standard InChI is InChI=1S/C21H18ClN5O4S/c1-3-26-20(18-9-13-8-14(22)5-7-17(13)31-18)24-25-21(26)32-11-19(28)23-16-10-15(27(29)30)6-4-12(16)2/h4-10H,3,11H2,1-2H3,(H,23,28). The number of nitrogens with zero attached hydrogens (tertiary/aromatic N) is 4. The van der Waals surface area contributed by atoms with Gasteiger partial charge in [-0.1, -0.05) is 29.4 Å². The third-order valence-electron chi connectivity index (χ3n) is 4.77. The molecule has 0 atom stereocenters. The minimum absolute atomic E-state index is 0.0655. The molecule has 32 heavy (non-hydrogen) atoms. The van der Waals surface area contributed by atoms with Gasteiger partial charge in [-0.2, -0.15) is 0 Å². The number of halogens is 1. The van der Waals surface area contributed by atoms with Gasteiger partial charge in [-0.3, -0.25) is 19.5 Å². The van der Waals surface area contributed by atoms with Crippen LogP contribution in [0.25, 0.3) is 22.6 Å². The third-order valence-corrected chi connectivity index (χ3v) is 5.97. The molecule has 0 aliphatic heterocycles. The van der Waals surface area contributed by atoms with Gasteiger partial charge >= 0.3 is 0 Å². The smallest absolute Gasteiger partial charge is 0.271 e. The molecule has 0 radical (unpaired) electrons. The van der Waals surface area contributed by atoms with E-state index in [1.165, 1.54) is 23.9 Å². The van der Waals surface area contributed by atoms with E-state index in [0.717, 1.165) is 10.9 Å². The fraction of sp³-hybridized carbons (Fsp3) is 0.190. The van der Waals surface area contributed by atoms with Crippen LogP contribution in [0.2, 0.25) is 5.02 Å². The largest absolute Gasteiger partial charge is 0.453 e. The number of hydrogen-bond donors (Lipinski definition) is 1. The topological polar surface area (TPSA) is 116 Å². The summed E-state index contributed by atoms with van der Waals surface area (Å²) in [4.78, 5) is 22.9. The molecule has 0 bridgehead atoms. The van der Waals surface area contributed by atoms with Crippen LogP contribution in [0.3, 0.4) is 0 Å². The average molecular weight is 472 g/mol. The Labute approximate surface area is 191 Å². The Morgan fingerprint density at radius 1 is 1.25 bits per heavy atom. The van der Waals surface area contributed by atoms with Gasteiger partial charge in [-0.15, -0.1) is 10.2 Å². The first-order chi connectivity index (χ1) is 15.4. The van der Waals surface area contributed by atoms with Gasteiger partial charge in [-0.05, 0) is 43.7 Å². The highest BCUT2D eigenvalue weighted by Gasteiger charge is 2.18. The Morgan fingerprint density at radius 3 is 2.81 bits per heavy atom. The Balaban J connectivity index is 1.49. The number of nitro groups is 1. The number of thioether (sulfide) groups is 1. The molecular formula is C21H18ClN5O4S. The van der Waals surface area contributed by atoms with Crippen LogP contribution in [0.15, 0.2) is 52.0 Å². The molecule has 4 rings (SSSR count). The van der Waals surface area contributed by atoms with E-state index in [0.29, 0.717) is 39.6 Å². The van der Waals surface area contributed by atoms with Crippen LogP contribution in [-0.2, 0) is 11.3 Å². The van der Waals surface area contributed by atoms with Crippen molar-refractivity contribution in [3.63, 3.8) is 0 Å². The van der Waals surface area contributed by atoms with Crippen LogP contribution >= 0.6 is 23.4 Å². The zero-order valence-corrected chi connectivity index (χ0v) is 18.7. The van der Waals surface area contributed by atoms with Crippen molar-refractivity contribution in [3.8, 4) is 11.6 Å². The molecule has 0 saturated heterocycles. The predicted molar refractivity (Wildman–Crippen MR) is 123 cm³/mol. The summed E-state index contributed by atoms with van der Waals surface area (Å²) in [5.41, 5.74) is 1.75. The van der Waals surface area contributed by atoms with E-state index in [9.17, 15) is 14.9 Å². The maximum absolute atomic E-state index is 12.5. The number of rotatable bonds is 7. The number of anilines is 1. The number of nitro benzene ring substituents is 1. The molecule has 9 nitrogen and oxygen atoms in total. The number of hydrogen-bond acceptors (Lipinski definition) is 7. The number of aryl methyl sites for hydroxylation is 1. The molecule has 164 valence electrons. The maximum Gasteiger partial charge on any atom is 0.271 e. The molecule has 0 spiro atoms. The van der Waals surface area contributed by atoms with Crippen LogP contribution in [0, 0.1) is 17.0 Å². The lowest BCUT2D eigenvalue weighted by Crippen LogP contribution is -2.15. The number of furan rings is 1. The molecule has 1 N–H and O–H groups in total. The summed E-state index contributed by atoms with van der Waals surface area (Å²) in [6, 6.07) is 11.6. The van der Waals surface area contributed by atoms with E-state index in [2.05, 4.69) is 15.5 Å². The van der Waals surface area contributed by atoms with Gasteiger partial charge in [0.1, 0.15) is 5.58 Å². The normalized spacial score (nSPS) is 11.1. The minimum atomic E-state index is -0.499. The molecule has 0 fully saturated rings. The summed E-state index contributed by atoms with van der Waals surface area (Å²) < 4.78 is 7.74. The van der Waals surface area contributed by atoms with Crippen LogP contribution in [-0.4, -0.2) is 31.3 Å². The van der Waals surface area contributed by atoms with Crippen LogP contribution in [0.4, 0.5) is 11.4 Å². The molecule has 0 aliphatic rings. The van der Waals surface area contributed by atoms with Crippen molar-refractivity contribution in [2.45, 2.75) is 25.5 Å². The zero-order chi connectivity index (χ0) is 22.8. The number of carbonyl (C=O) groups is 1. The lowest BCUT2D eigenvalue weighted by Gasteiger charge is -2.09. The summed E-state index contributed by atoms with van der Waals surface area (Å²) in [5.74, 6) is 0.872. The number of benzene rings is 2. The number of aromatic nitrogens is 3. The number of nitrogens with one attached hydrogen (secondary N) is 1. The minimum Gasteiger partial charge on any atom is -0.453 e. The molecule has 1 amide bonds. The molecule has 2 aromatic heterocycles. The number of fused-ring (bicyclic) bond motifs is 1. The maximum atomic E-state index is 12.5. The molecule has 0 unspecified atom stereocenters. The fourth-order valence-corrected chi connectivity index (χ4v) is 4.14. The van der Waals surface area contributed by atoms with Crippen LogP contribution < -0.4 is 5.32 Å². The second kappa shape index (κ2) is 9.01. The van der Waals surface area contributed by atoms with E-state index in [1.807, 2.05) is 23.6 Å². The van der Waals surface area contributed by atoms with E-state index in [1.54, 1.807) is 25.1 Å². The summed E-state index contributed by atoms with van der Waals surface area (Å²) in [6.45, 7) is 4.30. The van der Waals surface area contributed by atoms with Crippen LogP contribution in [0.1, 0.15) is 12.5 Å². The van der Waals surface area contributed by atoms with Gasteiger partial charge < -0.3 is 9.73 Å². The SMILES string of the molecule is CCn1c(SCC(=O)Nc2cc([N+](=O)[O-])ccc2C)nnc1-c1cc2cc(Cl)ccc2o1. The third kappa shape index (κ3) is 4.46. The van der Waals surface area contributed by atoms with Crippen molar-refractivity contribution in [1.82, 2.24) is 14.8 Å². The van der Waals surface area contributed by atoms with Gasteiger partial charge in [0.25, 0.3) is 5.69 Å². The van der Waals surface area contributed by atoms with Gasteiger partial charge in [0.15, 0.2) is 10.9 Å². The van der Waals surface area contributed by atoms with Crippen molar-refractivity contribution >= 4 is 51.6 Å². The van der Waals surface area contributed by atoms with Gasteiger partial charge in [0.2, 0.25) is 11.7 Å². The van der Waals surface area contributed by atoms with Gasteiger partial charge in [0, 0.05) is 29.1 Å². The number of carbonyl (C=O) groups excluding carboxylic acids is 1. The second-order valence-electron chi connectivity index (χ2n) is 6.94. The molecule has 0 saturated carbocycles. The van der Waals surface area contributed by atoms with E-state index < -0.39 is 4.92 Å². The number of amides is 1. The van der Waals surface area contributed by atoms with Crippen LogP contribution in [0.5, 0.6) is 0 Å². The Kier molecular flexibility index (Phi) is 6.15. The second-order valence-corrected chi connectivity index (χ2v) is 8.32. The molecule has 2 aromatic carbocycles. The average Bonchev–Trinajstić information content (AvgIpc) is 3.36. The van der Waals surface area contributed by atoms with E-state index in [-0.39, 0.29) is 17.3 Å². The quantitative estimate of drug-likeness (QED) is 0.220. The van der Waals surface area contributed by atoms with E-state index in [4.69, 9.17) is 16.0 Å². The summed E-state index contributed by atoms with van der Waals surface area (Å²) in [6.07, 6.45) is 0. The molecule has 2 heterocycles. The summed E-state index contributed by atoms with van der Waals surface area (Å²) in [5, 5.41) is 24.2. The Hall–Kier alpha value is -3.37. The molecule has 11 heteroatoms.